The molecule has 3 amide bonds. The van der Waals surface area contributed by atoms with E-state index < -0.39 is 17.1 Å². The highest BCUT2D eigenvalue weighted by atomic mass is 79.9. The Labute approximate surface area is 244 Å². The van der Waals surface area contributed by atoms with Crippen LogP contribution in [-0.2, 0) is 16.2 Å². The van der Waals surface area contributed by atoms with E-state index in [4.69, 9.17) is 21.1 Å². The third kappa shape index (κ3) is 7.23. The van der Waals surface area contributed by atoms with Crippen molar-refractivity contribution in [1.82, 2.24) is 4.90 Å². The summed E-state index contributed by atoms with van der Waals surface area (Å²) < 4.78 is 12.4. The molecule has 0 unspecified atom stereocenters. The zero-order chi connectivity index (χ0) is 28.1. The molecular formula is C29H26BrClN2O5S. The summed E-state index contributed by atoms with van der Waals surface area (Å²) in [6, 6.07) is 16.4. The number of rotatable bonds is 9. The van der Waals surface area contributed by atoms with Crippen molar-refractivity contribution in [2.45, 2.75) is 27.4 Å². The lowest BCUT2D eigenvalue weighted by Crippen LogP contribution is -2.36. The molecule has 1 fully saturated rings. The number of nitrogens with one attached hydrogen (secondary N) is 1. The maximum atomic E-state index is 13.0. The van der Waals surface area contributed by atoms with Crippen LogP contribution in [-0.4, -0.2) is 35.1 Å². The number of halogens is 2. The van der Waals surface area contributed by atoms with Crippen molar-refractivity contribution in [2.24, 2.45) is 0 Å². The van der Waals surface area contributed by atoms with E-state index in [0.29, 0.717) is 45.5 Å². The highest BCUT2D eigenvalue weighted by Crippen LogP contribution is 2.39. The highest BCUT2D eigenvalue weighted by Gasteiger charge is 2.36. The van der Waals surface area contributed by atoms with Gasteiger partial charge in [-0.1, -0.05) is 29.8 Å². The number of amides is 3. The molecule has 0 saturated carbocycles. The number of hydrogen-bond acceptors (Lipinski definition) is 6. The minimum atomic E-state index is -0.530. The minimum absolute atomic E-state index is 0.211. The number of carbonyl (C=O) groups is 3. The van der Waals surface area contributed by atoms with E-state index in [2.05, 4.69) is 21.2 Å². The third-order valence-electron chi connectivity index (χ3n) is 5.89. The number of carbonyl (C=O) groups excluding carboxylic acids is 3. The van der Waals surface area contributed by atoms with Gasteiger partial charge in [0.05, 0.1) is 16.0 Å². The number of hydrogen-bond donors (Lipinski definition) is 1. The molecule has 39 heavy (non-hydrogen) atoms. The number of nitrogens with zero attached hydrogens (tertiary/aromatic N) is 1. The molecule has 202 valence electrons. The van der Waals surface area contributed by atoms with E-state index in [0.717, 1.165) is 33.4 Å². The minimum Gasteiger partial charge on any atom is -0.490 e. The van der Waals surface area contributed by atoms with Crippen LogP contribution in [0.1, 0.15) is 29.2 Å². The van der Waals surface area contributed by atoms with Gasteiger partial charge in [-0.05, 0) is 113 Å². The quantitative estimate of drug-likeness (QED) is 0.249. The molecule has 7 nitrogen and oxygen atoms in total. The van der Waals surface area contributed by atoms with Crippen LogP contribution in [0.25, 0.3) is 6.08 Å². The lowest BCUT2D eigenvalue weighted by Gasteiger charge is -2.15. The standard InChI is InChI=1S/C29H26BrClN2O5S/c1-4-37-24-13-20(12-23(30)27(24)38-16-19-6-8-21(31)9-7-19)14-25-28(35)33(29(36)39-25)15-26(34)32-22-10-5-17(2)18(3)11-22/h5-14H,4,15-16H2,1-3H3,(H,32,34)/b25-14+. The topological polar surface area (TPSA) is 84.9 Å². The van der Waals surface area contributed by atoms with Crippen LogP contribution in [0.2, 0.25) is 5.02 Å². The van der Waals surface area contributed by atoms with Gasteiger partial charge in [0.2, 0.25) is 5.91 Å². The van der Waals surface area contributed by atoms with Crippen molar-refractivity contribution in [3.05, 3.63) is 91.3 Å². The second-order valence-electron chi connectivity index (χ2n) is 8.79. The Hall–Kier alpha value is -3.27. The molecule has 1 aliphatic rings. The highest BCUT2D eigenvalue weighted by molar-refractivity contribution is 9.10. The SMILES string of the molecule is CCOc1cc(/C=C2/SC(=O)N(CC(=O)Nc3ccc(C)c(C)c3)C2=O)cc(Br)c1OCc1ccc(Cl)cc1. The molecule has 1 N–H and O–H groups in total. The van der Waals surface area contributed by atoms with Crippen LogP contribution in [0.5, 0.6) is 11.5 Å². The lowest BCUT2D eigenvalue weighted by molar-refractivity contribution is -0.127. The van der Waals surface area contributed by atoms with Crippen LogP contribution in [0.15, 0.2) is 64.0 Å². The van der Waals surface area contributed by atoms with E-state index in [1.165, 1.54) is 0 Å². The Morgan fingerprint density at radius 1 is 1.05 bits per heavy atom. The molecule has 0 aliphatic carbocycles. The van der Waals surface area contributed by atoms with Crippen LogP contribution >= 0.6 is 39.3 Å². The summed E-state index contributed by atoms with van der Waals surface area (Å²) in [7, 11) is 0. The van der Waals surface area contributed by atoms with Crippen LogP contribution in [0.3, 0.4) is 0 Å². The zero-order valence-electron chi connectivity index (χ0n) is 21.5. The van der Waals surface area contributed by atoms with E-state index in [1.807, 2.05) is 45.0 Å². The Bertz CT molecular complexity index is 1460. The van der Waals surface area contributed by atoms with Crippen LogP contribution < -0.4 is 14.8 Å². The zero-order valence-corrected chi connectivity index (χ0v) is 24.7. The van der Waals surface area contributed by atoms with Crippen LogP contribution in [0.4, 0.5) is 10.5 Å². The summed E-state index contributed by atoms with van der Waals surface area (Å²) in [5.74, 6) is 0.0157. The summed E-state index contributed by atoms with van der Waals surface area (Å²) >= 11 is 10.3. The van der Waals surface area contributed by atoms with Crippen molar-refractivity contribution < 1.29 is 23.9 Å². The van der Waals surface area contributed by atoms with Gasteiger partial charge in [0.1, 0.15) is 13.2 Å². The predicted octanol–water partition coefficient (Wildman–Crippen LogP) is 7.37. The number of thioether (sulfide) groups is 1. The fourth-order valence-electron chi connectivity index (χ4n) is 3.76. The van der Waals surface area contributed by atoms with Crippen LogP contribution in [0, 0.1) is 13.8 Å². The maximum absolute atomic E-state index is 13.0. The van der Waals surface area contributed by atoms with E-state index in [1.54, 1.807) is 36.4 Å². The Morgan fingerprint density at radius 2 is 1.79 bits per heavy atom. The Morgan fingerprint density at radius 3 is 2.49 bits per heavy atom. The van der Waals surface area contributed by atoms with Crippen molar-refractivity contribution in [1.29, 1.82) is 0 Å². The fraction of sp³-hybridized carbons (Fsp3) is 0.207. The number of imide groups is 1. The first-order valence-electron chi connectivity index (χ1n) is 12.1. The molecule has 0 radical (unpaired) electrons. The van der Waals surface area contributed by atoms with Gasteiger partial charge in [0, 0.05) is 10.7 Å². The summed E-state index contributed by atoms with van der Waals surface area (Å²) in [6.07, 6.45) is 1.60. The first kappa shape index (κ1) is 28.7. The monoisotopic (exact) mass is 628 g/mol. The average Bonchev–Trinajstić information content (AvgIpc) is 3.14. The number of anilines is 1. The van der Waals surface area contributed by atoms with Crippen molar-refractivity contribution in [3.8, 4) is 11.5 Å². The van der Waals surface area contributed by atoms with Crippen molar-refractivity contribution in [2.75, 3.05) is 18.5 Å². The van der Waals surface area contributed by atoms with Gasteiger partial charge in [-0.3, -0.25) is 19.3 Å². The van der Waals surface area contributed by atoms with Gasteiger partial charge >= 0.3 is 0 Å². The smallest absolute Gasteiger partial charge is 0.294 e. The average molecular weight is 630 g/mol. The normalized spacial score (nSPS) is 14.2. The van der Waals surface area contributed by atoms with Crippen molar-refractivity contribution >= 4 is 68.1 Å². The molecule has 0 aromatic heterocycles. The van der Waals surface area contributed by atoms with E-state index >= 15 is 0 Å². The second kappa shape index (κ2) is 12.7. The first-order chi connectivity index (χ1) is 18.6. The molecule has 0 bridgehead atoms. The van der Waals surface area contributed by atoms with E-state index in [-0.39, 0.29) is 11.4 Å². The maximum Gasteiger partial charge on any atom is 0.294 e. The van der Waals surface area contributed by atoms with Gasteiger partial charge in [0.15, 0.2) is 11.5 Å². The molecule has 0 atom stereocenters. The lowest BCUT2D eigenvalue weighted by atomic mass is 10.1. The Balaban J connectivity index is 1.48. The second-order valence-corrected chi connectivity index (χ2v) is 11.1. The van der Waals surface area contributed by atoms with Gasteiger partial charge in [0.25, 0.3) is 11.1 Å². The third-order valence-corrected chi connectivity index (χ3v) is 7.64. The Kier molecular flexibility index (Phi) is 9.37. The van der Waals surface area contributed by atoms with Crippen molar-refractivity contribution in [3.63, 3.8) is 0 Å². The number of aryl methyl sites for hydroxylation is 2. The molecule has 3 aromatic carbocycles. The fourth-order valence-corrected chi connectivity index (χ4v) is 5.30. The summed E-state index contributed by atoms with van der Waals surface area (Å²) in [5, 5.41) is 2.89. The number of ether oxygens (including phenoxy) is 2. The molecule has 3 aromatic rings. The van der Waals surface area contributed by atoms with Gasteiger partial charge in [-0.2, -0.15) is 0 Å². The summed E-state index contributed by atoms with van der Waals surface area (Å²) in [5.41, 5.74) is 4.31. The van der Waals surface area contributed by atoms with Gasteiger partial charge in [-0.15, -0.1) is 0 Å². The molecule has 1 aliphatic heterocycles. The number of benzene rings is 3. The summed E-state index contributed by atoms with van der Waals surface area (Å²) in [6.45, 7) is 6.11. The molecule has 4 rings (SSSR count). The molecule has 1 heterocycles. The molecule has 0 spiro atoms. The molecule has 10 heteroatoms. The first-order valence-corrected chi connectivity index (χ1v) is 14.1. The molecular weight excluding hydrogens is 604 g/mol. The van der Waals surface area contributed by atoms with Gasteiger partial charge in [-0.25, -0.2) is 0 Å². The van der Waals surface area contributed by atoms with E-state index in [9.17, 15) is 14.4 Å². The summed E-state index contributed by atoms with van der Waals surface area (Å²) in [4.78, 5) is 39.3. The predicted molar refractivity (Wildman–Crippen MR) is 158 cm³/mol. The molecule has 1 saturated heterocycles. The largest absolute Gasteiger partial charge is 0.490 e. The van der Waals surface area contributed by atoms with Gasteiger partial charge < -0.3 is 14.8 Å².